The lowest BCUT2D eigenvalue weighted by Gasteiger charge is -2.09. The van der Waals surface area contributed by atoms with Gasteiger partial charge in [0.05, 0.1) is 10.5 Å². The monoisotopic (exact) mass is 337 g/mol. The first-order chi connectivity index (χ1) is 11.0. The Morgan fingerprint density at radius 2 is 1.87 bits per heavy atom. The number of H-pyrrole nitrogens is 1. The van der Waals surface area contributed by atoms with Gasteiger partial charge in [0.2, 0.25) is 0 Å². The minimum Gasteiger partial charge on any atom is -0.355 e. The van der Waals surface area contributed by atoms with Gasteiger partial charge in [-0.3, -0.25) is 10.0 Å². The van der Waals surface area contributed by atoms with Gasteiger partial charge in [-0.1, -0.05) is 11.6 Å². The van der Waals surface area contributed by atoms with Crippen LogP contribution in [0.4, 0.5) is 20.2 Å². The van der Waals surface area contributed by atoms with E-state index in [1.54, 1.807) is 0 Å². The molecule has 0 unspecified atom stereocenters. The van der Waals surface area contributed by atoms with Crippen LogP contribution < -0.4 is 10.8 Å². The van der Waals surface area contributed by atoms with Gasteiger partial charge in [-0.25, -0.2) is 14.3 Å². The van der Waals surface area contributed by atoms with Gasteiger partial charge in [0.25, 0.3) is 5.91 Å². The van der Waals surface area contributed by atoms with E-state index in [4.69, 9.17) is 16.8 Å². The number of rotatable bonds is 3. The number of hydroxylamine groups is 1. The highest BCUT2D eigenvalue weighted by atomic mass is 35.5. The quantitative estimate of drug-likeness (QED) is 0.431. The van der Waals surface area contributed by atoms with Gasteiger partial charge in [-0.05, 0) is 36.4 Å². The van der Waals surface area contributed by atoms with E-state index in [2.05, 4.69) is 10.3 Å². The molecular formula is C15H10ClF2N3O2. The third-order valence-electron chi connectivity index (χ3n) is 3.29. The van der Waals surface area contributed by atoms with Crippen LogP contribution in [0.25, 0.3) is 10.9 Å². The smallest absolute Gasteiger partial charge is 0.291 e. The number of halogens is 3. The highest BCUT2D eigenvalue weighted by molar-refractivity contribution is 6.31. The first-order valence-corrected chi connectivity index (χ1v) is 6.85. The fourth-order valence-corrected chi connectivity index (χ4v) is 2.39. The first-order valence-electron chi connectivity index (χ1n) is 6.47. The normalized spacial score (nSPS) is 10.8. The van der Waals surface area contributed by atoms with Crippen LogP contribution in [-0.4, -0.2) is 16.1 Å². The number of hydrogen-bond donors (Lipinski definition) is 4. The van der Waals surface area contributed by atoms with Crippen LogP contribution in [0.3, 0.4) is 0 Å². The topological polar surface area (TPSA) is 77.2 Å². The SMILES string of the molecule is O=C(NO)c1cc2c(Nc3ccc(F)c(Cl)c3)ccc(F)c2[nH]1. The van der Waals surface area contributed by atoms with Crippen molar-refractivity contribution < 1.29 is 18.8 Å². The maximum atomic E-state index is 13.9. The van der Waals surface area contributed by atoms with Crippen LogP contribution in [-0.2, 0) is 0 Å². The molecule has 0 fully saturated rings. The Bertz CT molecular complexity index is 911. The highest BCUT2D eigenvalue weighted by Crippen LogP contribution is 2.30. The second-order valence-electron chi connectivity index (χ2n) is 4.76. The molecule has 0 saturated carbocycles. The van der Waals surface area contributed by atoms with Gasteiger partial charge < -0.3 is 10.3 Å². The molecule has 4 N–H and O–H groups in total. The van der Waals surface area contributed by atoms with Gasteiger partial charge in [0.1, 0.15) is 17.3 Å². The Kier molecular flexibility index (Phi) is 3.89. The number of aromatic nitrogens is 1. The molecule has 3 aromatic rings. The number of anilines is 2. The summed E-state index contributed by atoms with van der Waals surface area (Å²) >= 11 is 5.73. The Morgan fingerprint density at radius 1 is 1.13 bits per heavy atom. The zero-order chi connectivity index (χ0) is 16.6. The van der Waals surface area contributed by atoms with Crippen LogP contribution in [0, 0.1) is 11.6 Å². The van der Waals surface area contributed by atoms with E-state index >= 15 is 0 Å². The van der Waals surface area contributed by atoms with Crippen molar-refractivity contribution >= 4 is 39.8 Å². The van der Waals surface area contributed by atoms with Crippen molar-refractivity contribution in [3.63, 3.8) is 0 Å². The van der Waals surface area contributed by atoms with E-state index in [0.29, 0.717) is 16.8 Å². The maximum absolute atomic E-state index is 13.9. The molecule has 0 atom stereocenters. The molecule has 1 heterocycles. The largest absolute Gasteiger partial charge is 0.355 e. The van der Waals surface area contributed by atoms with E-state index in [1.165, 1.54) is 41.9 Å². The second-order valence-corrected chi connectivity index (χ2v) is 5.17. The number of aromatic amines is 1. The van der Waals surface area contributed by atoms with Crippen LogP contribution in [0.5, 0.6) is 0 Å². The standard InChI is InChI=1S/C15H10ClF2N3O2/c16-9-5-7(1-2-10(9)17)19-12-4-3-11(18)14-8(12)6-13(20-14)15(22)21-23/h1-6,19-20,23H,(H,21,22). The predicted molar refractivity (Wildman–Crippen MR) is 82.2 cm³/mol. The summed E-state index contributed by atoms with van der Waals surface area (Å²) in [5.74, 6) is -1.90. The summed E-state index contributed by atoms with van der Waals surface area (Å²) in [6.07, 6.45) is 0. The fourth-order valence-electron chi connectivity index (χ4n) is 2.21. The number of amides is 1. The molecule has 0 aliphatic rings. The molecule has 2 aromatic carbocycles. The Balaban J connectivity index is 2.06. The summed E-state index contributed by atoms with van der Waals surface area (Å²) in [7, 11) is 0. The van der Waals surface area contributed by atoms with E-state index in [9.17, 15) is 13.6 Å². The number of hydrogen-bond acceptors (Lipinski definition) is 3. The number of carbonyl (C=O) groups excluding carboxylic acids is 1. The summed E-state index contributed by atoms with van der Waals surface area (Å²) in [5.41, 5.74) is 2.55. The number of carbonyl (C=O) groups is 1. The number of benzene rings is 2. The maximum Gasteiger partial charge on any atom is 0.291 e. The molecule has 1 aromatic heterocycles. The molecule has 23 heavy (non-hydrogen) atoms. The van der Waals surface area contributed by atoms with Gasteiger partial charge >= 0.3 is 0 Å². The predicted octanol–water partition coefficient (Wildman–Crippen LogP) is 3.96. The lowest BCUT2D eigenvalue weighted by molar-refractivity contribution is 0.0701. The van der Waals surface area contributed by atoms with Crippen LogP contribution >= 0.6 is 11.6 Å². The summed E-state index contributed by atoms with van der Waals surface area (Å²) in [4.78, 5) is 14.0. The van der Waals surface area contributed by atoms with E-state index in [0.717, 1.165) is 0 Å². The van der Waals surface area contributed by atoms with Gasteiger partial charge in [0, 0.05) is 16.8 Å². The van der Waals surface area contributed by atoms with Crippen molar-refractivity contribution in [2.75, 3.05) is 5.32 Å². The summed E-state index contributed by atoms with van der Waals surface area (Å²) in [5, 5.41) is 12.0. The summed E-state index contributed by atoms with van der Waals surface area (Å²) < 4.78 is 27.1. The van der Waals surface area contributed by atoms with Crippen molar-refractivity contribution in [2.45, 2.75) is 0 Å². The summed E-state index contributed by atoms with van der Waals surface area (Å²) in [6, 6.07) is 8.14. The van der Waals surface area contributed by atoms with Crippen molar-refractivity contribution in [3.05, 3.63) is 58.7 Å². The molecule has 118 valence electrons. The van der Waals surface area contributed by atoms with Gasteiger partial charge in [0.15, 0.2) is 0 Å². The molecule has 1 amide bonds. The van der Waals surface area contributed by atoms with Crippen LogP contribution in [0.2, 0.25) is 5.02 Å². The molecule has 0 saturated heterocycles. The van der Waals surface area contributed by atoms with Crippen molar-refractivity contribution in [3.8, 4) is 0 Å². The number of fused-ring (bicyclic) bond motifs is 1. The molecule has 0 bridgehead atoms. The van der Waals surface area contributed by atoms with E-state index in [1.807, 2.05) is 0 Å². The molecule has 3 rings (SSSR count). The zero-order valence-corrected chi connectivity index (χ0v) is 12.2. The molecule has 0 spiro atoms. The Labute approximate surface area is 133 Å². The second kappa shape index (κ2) is 5.86. The molecule has 8 heteroatoms. The molecule has 0 radical (unpaired) electrons. The van der Waals surface area contributed by atoms with Gasteiger partial charge in [-0.15, -0.1) is 0 Å². The molecular weight excluding hydrogens is 328 g/mol. The van der Waals surface area contributed by atoms with Crippen molar-refractivity contribution in [2.24, 2.45) is 0 Å². The van der Waals surface area contributed by atoms with Crippen LogP contribution in [0.1, 0.15) is 10.5 Å². The van der Waals surface area contributed by atoms with E-state index in [-0.39, 0.29) is 16.2 Å². The minimum absolute atomic E-state index is 0.00668. The lowest BCUT2D eigenvalue weighted by Crippen LogP contribution is -2.18. The highest BCUT2D eigenvalue weighted by Gasteiger charge is 2.14. The number of nitrogens with one attached hydrogen (secondary N) is 3. The van der Waals surface area contributed by atoms with Gasteiger partial charge in [-0.2, -0.15) is 0 Å². The average molecular weight is 338 g/mol. The summed E-state index contributed by atoms with van der Waals surface area (Å²) in [6.45, 7) is 0. The first kappa shape index (κ1) is 15.3. The third kappa shape index (κ3) is 2.84. The average Bonchev–Trinajstić information content (AvgIpc) is 2.99. The zero-order valence-electron chi connectivity index (χ0n) is 11.5. The fraction of sp³-hybridized carbons (Fsp3) is 0. The van der Waals surface area contributed by atoms with Crippen LogP contribution in [0.15, 0.2) is 36.4 Å². The molecule has 5 nitrogen and oxygen atoms in total. The molecule has 0 aliphatic carbocycles. The minimum atomic E-state index is -0.795. The van der Waals surface area contributed by atoms with Crippen molar-refractivity contribution in [1.82, 2.24) is 10.5 Å². The Hall–Kier alpha value is -2.64. The van der Waals surface area contributed by atoms with Crippen molar-refractivity contribution in [1.29, 1.82) is 0 Å². The van der Waals surface area contributed by atoms with E-state index < -0.39 is 17.5 Å². The Morgan fingerprint density at radius 3 is 2.57 bits per heavy atom. The molecule has 0 aliphatic heterocycles. The third-order valence-corrected chi connectivity index (χ3v) is 3.58. The lowest BCUT2D eigenvalue weighted by atomic mass is 10.2.